The minimum absolute atomic E-state index is 0.133. The quantitative estimate of drug-likeness (QED) is 0.744. The van der Waals surface area contributed by atoms with Gasteiger partial charge >= 0.3 is 5.97 Å². The first-order valence-corrected chi connectivity index (χ1v) is 5.40. The first-order chi connectivity index (χ1) is 6.23. The van der Waals surface area contributed by atoms with Gasteiger partial charge in [0.15, 0.2) is 0 Å². The fraction of sp³-hybridized carbons (Fsp3) is 0.500. The van der Waals surface area contributed by atoms with E-state index in [1.165, 1.54) is 4.88 Å². The van der Waals surface area contributed by atoms with Crippen molar-refractivity contribution in [3.8, 4) is 0 Å². The Bertz CT molecular complexity index is 376. The van der Waals surface area contributed by atoms with Crippen LogP contribution < -0.4 is 0 Å². The Hall–Kier alpha value is -0.830. The van der Waals surface area contributed by atoms with Crippen LogP contribution in [0, 0.1) is 5.41 Å². The van der Waals surface area contributed by atoms with Gasteiger partial charge in [-0.05, 0) is 41.7 Å². The Kier molecular flexibility index (Phi) is 1.25. The van der Waals surface area contributed by atoms with E-state index < -0.39 is 5.97 Å². The number of fused-ring (bicyclic) bond motifs is 1. The number of hydrogen-bond acceptors (Lipinski definition) is 2. The van der Waals surface area contributed by atoms with Gasteiger partial charge in [-0.1, -0.05) is 0 Å². The summed E-state index contributed by atoms with van der Waals surface area (Å²) in [5.74, 6) is -0.830. The van der Waals surface area contributed by atoms with Crippen molar-refractivity contribution < 1.29 is 9.90 Å². The third-order valence-corrected chi connectivity index (χ3v) is 4.29. The summed E-state index contributed by atoms with van der Waals surface area (Å²) in [6, 6.07) is 1.99. The summed E-state index contributed by atoms with van der Waals surface area (Å²) < 4.78 is 0. The van der Waals surface area contributed by atoms with Gasteiger partial charge in [0.2, 0.25) is 0 Å². The molecule has 68 valence electrons. The van der Waals surface area contributed by atoms with E-state index in [0.717, 1.165) is 24.8 Å². The van der Waals surface area contributed by atoms with E-state index in [4.69, 9.17) is 5.11 Å². The molecule has 1 aromatic heterocycles. The monoisotopic (exact) mass is 194 g/mol. The van der Waals surface area contributed by atoms with E-state index in [9.17, 15) is 4.79 Å². The fourth-order valence-electron chi connectivity index (χ4n) is 2.52. The molecule has 0 saturated heterocycles. The summed E-state index contributed by atoms with van der Waals surface area (Å²) in [4.78, 5) is 12.4. The first-order valence-electron chi connectivity index (χ1n) is 4.52. The zero-order chi connectivity index (χ0) is 9.05. The van der Waals surface area contributed by atoms with Crippen LogP contribution in [0.3, 0.4) is 0 Å². The summed E-state index contributed by atoms with van der Waals surface area (Å²) in [6.07, 6.45) is 3.22. The molecule has 13 heavy (non-hydrogen) atoms. The van der Waals surface area contributed by atoms with Crippen molar-refractivity contribution >= 4 is 17.3 Å². The lowest BCUT2D eigenvalue weighted by atomic mass is 9.90. The summed E-state index contributed by atoms with van der Waals surface area (Å²) in [7, 11) is 0. The van der Waals surface area contributed by atoms with E-state index in [1.807, 2.05) is 11.4 Å². The summed E-state index contributed by atoms with van der Waals surface area (Å²) in [6.45, 7) is 0. The maximum absolute atomic E-state index is 11.1. The molecule has 1 saturated carbocycles. The van der Waals surface area contributed by atoms with Crippen LogP contribution in [0.4, 0.5) is 0 Å². The van der Waals surface area contributed by atoms with Crippen molar-refractivity contribution in [2.45, 2.75) is 25.2 Å². The largest absolute Gasteiger partial charge is 0.481 e. The van der Waals surface area contributed by atoms with Crippen molar-refractivity contribution in [2.75, 3.05) is 0 Å². The van der Waals surface area contributed by atoms with E-state index in [-0.39, 0.29) is 11.3 Å². The lowest BCUT2D eigenvalue weighted by Crippen LogP contribution is -2.18. The standard InChI is InChI=1S/C10H10O2S/c11-9(12)8-6-1-4-13-7(6)5-10(8)2-3-10/h1,4,8H,2-3,5H2,(H,11,12). The van der Waals surface area contributed by atoms with Crippen LogP contribution in [0.2, 0.25) is 0 Å². The molecule has 2 nitrogen and oxygen atoms in total. The van der Waals surface area contributed by atoms with Gasteiger partial charge in [-0.3, -0.25) is 4.79 Å². The summed E-state index contributed by atoms with van der Waals surface area (Å²) >= 11 is 1.71. The van der Waals surface area contributed by atoms with E-state index in [0.29, 0.717) is 0 Å². The first kappa shape index (κ1) is 7.56. The second kappa shape index (κ2) is 2.15. The molecule has 1 spiro atoms. The number of thiophene rings is 1. The lowest BCUT2D eigenvalue weighted by Gasteiger charge is -2.13. The smallest absolute Gasteiger partial charge is 0.311 e. The van der Waals surface area contributed by atoms with E-state index in [2.05, 4.69) is 0 Å². The molecule has 3 heteroatoms. The third kappa shape index (κ3) is 0.854. The van der Waals surface area contributed by atoms with Gasteiger partial charge in [-0.2, -0.15) is 0 Å². The van der Waals surface area contributed by atoms with Gasteiger partial charge in [0.25, 0.3) is 0 Å². The molecule has 1 atom stereocenters. The molecule has 0 bridgehead atoms. The number of carbonyl (C=O) groups is 1. The molecule has 0 aliphatic heterocycles. The van der Waals surface area contributed by atoms with Crippen molar-refractivity contribution in [3.63, 3.8) is 0 Å². The predicted octanol–water partition coefficient (Wildman–Crippen LogP) is 2.25. The maximum Gasteiger partial charge on any atom is 0.311 e. The van der Waals surface area contributed by atoms with E-state index >= 15 is 0 Å². The molecule has 3 rings (SSSR count). The number of aliphatic carboxylic acids is 1. The Balaban J connectivity index is 2.11. The van der Waals surface area contributed by atoms with Crippen LogP contribution in [0.5, 0.6) is 0 Å². The highest BCUT2D eigenvalue weighted by atomic mass is 32.1. The SMILES string of the molecule is O=C(O)C1c2ccsc2CC12CC2. The molecule has 0 aromatic carbocycles. The van der Waals surface area contributed by atoms with Crippen LogP contribution in [-0.2, 0) is 11.2 Å². The predicted molar refractivity (Wildman–Crippen MR) is 50.1 cm³/mol. The molecule has 2 aliphatic carbocycles. The zero-order valence-electron chi connectivity index (χ0n) is 7.12. The Labute approximate surface area is 80.2 Å². The number of hydrogen-bond donors (Lipinski definition) is 1. The van der Waals surface area contributed by atoms with Crippen LogP contribution in [0.25, 0.3) is 0 Å². The highest BCUT2D eigenvalue weighted by molar-refractivity contribution is 7.10. The molecule has 1 fully saturated rings. The van der Waals surface area contributed by atoms with Crippen LogP contribution >= 0.6 is 11.3 Å². The number of carboxylic acid groups (broad SMARTS) is 1. The Morgan fingerprint density at radius 1 is 1.62 bits per heavy atom. The summed E-state index contributed by atoms with van der Waals surface area (Å²) in [5, 5.41) is 11.2. The van der Waals surface area contributed by atoms with Gasteiger partial charge < -0.3 is 5.11 Å². The zero-order valence-corrected chi connectivity index (χ0v) is 7.93. The second-order valence-corrected chi connectivity index (χ2v) is 5.11. The van der Waals surface area contributed by atoms with Crippen molar-refractivity contribution in [2.24, 2.45) is 5.41 Å². The van der Waals surface area contributed by atoms with Gasteiger partial charge in [-0.15, -0.1) is 11.3 Å². The normalized spacial score (nSPS) is 27.5. The Morgan fingerprint density at radius 3 is 3.00 bits per heavy atom. The average molecular weight is 194 g/mol. The van der Waals surface area contributed by atoms with Gasteiger partial charge in [-0.25, -0.2) is 0 Å². The van der Waals surface area contributed by atoms with Crippen LogP contribution in [0.1, 0.15) is 29.2 Å². The van der Waals surface area contributed by atoms with Gasteiger partial charge in [0.05, 0.1) is 5.92 Å². The number of carboxylic acids is 1. The molecular weight excluding hydrogens is 184 g/mol. The van der Waals surface area contributed by atoms with Crippen LogP contribution in [-0.4, -0.2) is 11.1 Å². The highest BCUT2D eigenvalue weighted by Crippen LogP contribution is 2.63. The minimum Gasteiger partial charge on any atom is -0.481 e. The highest BCUT2D eigenvalue weighted by Gasteiger charge is 2.57. The second-order valence-electron chi connectivity index (χ2n) is 4.11. The fourth-order valence-corrected chi connectivity index (χ4v) is 3.60. The third-order valence-electron chi connectivity index (χ3n) is 3.36. The molecule has 1 aromatic rings. The van der Waals surface area contributed by atoms with Crippen molar-refractivity contribution in [1.82, 2.24) is 0 Å². The number of rotatable bonds is 1. The molecule has 2 aliphatic rings. The minimum atomic E-state index is -0.630. The maximum atomic E-state index is 11.1. The van der Waals surface area contributed by atoms with Gasteiger partial charge in [0.1, 0.15) is 0 Å². The molecule has 0 radical (unpaired) electrons. The van der Waals surface area contributed by atoms with Crippen molar-refractivity contribution in [3.05, 3.63) is 21.9 Å². The van der Waals surface area contributed by atoms with Gasteiger partial charge in [0, 0.05) is 4.88 Å². The molecule has 1 unspecified atom stereocenters. The summed E-state index contributed by atoms with van der Waals surface area (Å²) in [5.41, 5.74) is 1.23. The molecule has 1 heterocycles. The topological polar surface area (TPSA) is 37.3 Å². The lowest BCUT2D eigenvalue weighted by molar-refractivity contribution is -0.140. The van der Waals surface area contributed by atoms with Crippen molar-refractivity contribution in [1.29, 1.82) is 0 Å². The van der Waals surface area contributed by atoms with E-state index in [1.54, 1.807) is 11.3 Å². The van der Waals surface area contributed by atoms with Crippen LogP contribution in [0.15, 0.2) is 11.4 Å². The average Bonchev–Trinajstić information content (AvgIpc) is 2.49. The molecule has 1 N–H and O–H groups in total. The Morgan fingerprint density at radius 2 is 2.38 bits per heavy atom. The molecule has 0 amide bonds. The molecular formula is C10H10O2S.